The number of rotatable bonds is 2. The number of hydrogen-bond acceptors (Lipinski definition) is 16. The van der Waals surface area contributed by atoms with Crippen molar-refractivity contribution < 1.29 is 51.1 Å². The van der Waals surface area contributed by atoms with E-state index >= 15 is 4.39 Å². The van der Waals surface area contributed by atoms with Gasteiger partial charge in [0.2, 0.25) is 0 Å². The van der Waals surface area contributed by atoms with E-state index in [4.69, 9.17) is 28.8 Å². The number of aliphatic imine (C=N–C) groups is 2. The van der Waals surface area contributed by atoms with E-state index in [-0.39, 0.29) is 12.2 Å². The summed E-state index contributed by atoms with van der Waals surface area (Å²) < 4.78 is 74.1. The number of carbonyl (C=O) groups is 1. The number of nitrogens with one attached hydrogen (secondary N) is 1. The van der Waals surface area contributed by atoms with Crippen molar-refractivity contribution >= 4 is 62.4 Å². The van der Waals surface area contributed by atoms with E-state index in [1.165, 1.54) is 17.6 Å². The molecule has 0 spiro atoms. The number of carbonyl (C=O) groups excluding carboxylic acids is 1. The predicted molar refractivity (Wildman–Crippen MR) is 140 cm³/mol. The first kappa shape index (κ1) is 28.3. The minimum absolute atomic E-state index is 0.0592. The zero-order valence-corrected chi connectivity index (χ0v) is 23.8. The summed E-state index contributed by atoms with van der Waals surface area (Å²) in [4.78, 5) is 51.6. The van der Waals surface area contributed by atoms with Crippen molar-refractivity contribution in [3.63, 3.8) is 0 Å². The SMILES string of the molecule is Nc1ncnc2c([C@H]3C[C@H]4[C@@H](COP(=O)(O)O[C@H]5[C@@H](F)[C@H](N6C=NC7C(=O)NC=NC76)O[C@@H]5COP4(=O)O)O3)snc12. The maximum absolute atomic E-state index is 15.8. The van der Waals surface area contributed by atoms with Gasteiger partial charge in [-0.1, -0.05) is 0 Å². The van der Waals surface area contributed by atoms with Crippen molar-refractivity contribution in [1.82, 2.24) is 24.6 Å². The van der Waals surface area contributed by atoms with Crippen LogP contribution in [-0.2, 0) is 37.0 Å². The molecule has 0 bridgehead atoms. The van der Waals surface area contributed by atoms with Gasteiger partial charge in [-0.15, -0.1) is 0 Å². The van der Waals surface area contributed by atoms with Crippen LogP contribution in [0.25, 0.3) is 11.0 Å². The second-order valence-electron chi connectivity index (χ2n) is 10.0. The number of phosphoric ester groups is 1. The van der Waals surface area contributed by atoms with Gasteiger partial charge in [-0.05, 0) is 18.0 Å². The molecule has 7 heterocycles. The van der Waals surface area contributed by atoms with Crippen molar-refractivity contribution in [1.29, 1.82) is 0 Å². The van der Waals surface area contributed by atoms with Crippen molar-refractivity contribution in [2.24, 2.45) is 9.98 Å². The Morgan fingerprint density at radius 2 is 1.93 bits per heavy atom. The Hall–Kier alpha value is -2.51. The minimum Gasteiger partial charge on any atom is -0.382 e. The average Bonchev–Trinajstić information content (AvgIpc) is 3.72. The number of nitrogens with zero attached hydrogens (tertiary/aromatic N) is 6. The van der Waals surface area contributed by atoms with Crippen LogP contribution < -0.4 is 11.1 Å². The fraction of sp³-hybridized carbons (Fsp3) is 0.600. The lowest BCUT2D eigenvalue weighted by atomic mass is 10.1. The van der Waals surface area contributed by atoms with E-state index in [1.807, 2.05) is 0 Å². The highest BCUT2D eigenvalue weighted by Gasteiger charge is 2.57. The Bertz CT molecular complexity index is 1580. The summed E-state index contributed by atoms with van der Waals surface area (Å²) in [6.07, 6.45) is -6.15. The third kappa shape index (κ3) is 4.75. The first-order valence-corrected chi connectivity index (χ1v) is 16.5. The lowest BCUT2D eigenvalue weighted by Gasteiger charge is -2.31. The van der Waals surface area contributed by atoms with Crippen molar-refractivity contribution in [3.05, 3.63) is 11.2 Å². The number of ether oxygens (including phenoxy) is 2. The van der Waals surface area contributed by atoms with Crippen LogP contribution in [0.1, 0.15) is 17.4 Å². The maximum Gasteiger partial charge on any atom is 0.472 e. The van der Waals surface area contributed by atoms with Gasteiger partial charge in [0.1, 0.15) is 29.6 Å². The number of hydrogen-bond donors (Lipinski definition) is 4. The van der Waals surface area contributed by atoms with E-state index in [2.05, 4.69) is 29.6 Å². The van der Waals surface area contributed by atoms with E-state index in [0.29, 0.717) is 15.9 Å². The molecular weight excluding hydrogens is 625 g/mol. The number of alkyl halides is 1. The van der Waals surface area contributed by atoms with Gasteiger partial charge >= 0.3 is 15.4 Å². The normalized spacial score (nSPS) is 43.5. The molecule has 42 heavy (non-hydrogen) atoms. The summed E-state index contributed by atoms with van der Waals surface area (Å²) in [7, 11) is -9.51. The summed E-state index contributed by atoms with van der Waals surface area (Å²) in [6, 6.07) is -0.957. The number of halogens is 1. The quantitative estimate of drug-likeness (QED) is 0.309. The highest BCUT2D eigenvalue weighted by Crippen LogP contribution is 2.59. The molecular formula is C20H23FN8O10P2S. The van der Waals surface area contributed by atoms with Crippen LogP contribution in [0.3, 0.4) is 0 Å². The van der Waals surface area contributed by atoms with Gasteiger partial charge in [-0.25, -0.2) is 23.9 Å². The molecule has 0 aliphatic carbocycles. The molecule has 2 aromatic rings. The molecule has 3 fully saturated rings. The lowest BCUT2D eigenvalue weighted by molar-refractivity contribution is -0.123. The molecule has 11 atom stereocenters. The molecule has 4 unspecified atom stereocenters. The number of nitrogens with two attached hydrogens (primary N) is 1. The molecule has 18 nitrogen and oxygen atoms in total. The van der Waals surface area contributed by atoms with E-state index in [9.17, 15) is 23.7 Å². The van der Waals surface area contributed by atoms with Crippen LogP contribution in [-0.4, -0.2) is 109 Å². The van der Waals surface area contributed by atoms with Gasteiger partial charge in [0, 0.05) is 0 Å². The Kier molecular flexibility index (Phi) is 6.93. The highest BCUT2D eigenvalue weighted by molar-refractivity contribution is 7.53. The van der Waals surface area contributed by atoms with Gasteiger partial charge in [0.25, 0.3) is 5.91 Å². The summed E-state index contributed by atoms with van der Waals surface area (Å²) in [5.41, 5.74) is 5.40. The molecule has 5 aliphatic heterocycles. The van der Waals surface area contributed by atoms with Gasteiger partial charge < -0.3 is 39.7 Å². The number of anilines is 1. The van der Waals surface area contributed by atoms with E-state index in [0.717, 1.165) is 17.9 Å². The average molecular weight is 648 g/mol. The summed E-state index contributed by atoms with van der Waals surface area (Å²) in [6.45, 7) is -1.33. The first-order valence-electron chi connectivity index (χ1n) is 12.6. The van der Waals surface area contributed by atoms with Crippen LogP contribution in [0.15, 0.2) is 16.3 Å². The molecule has 0 saturated carbocycles. The first-order chi connectivity index (χ1) is 20.0. The van der Waals surface area contributed by atoms with Crippen molar-refractivity contribution in [2.45, 2.75) is 61.1 Å². The number of nitrogen functional groups attached to an aromatic ring is 1. The summed E-state index contributed by atoms with van der Waals surface area (Å²) >= 11 is 1.02. The Morgan fingerprint density at radius 1 is 1.12 bits per heavy atom. The largest absolute Gasteiger partial charge is 0.472 e. The fourth-order valence-electron chi connectivity index (χ4n) is 5.52. The molecule has 1 amide bonds. The van der Waals surface area contributed by atoms with Crippen LogP contribution in [0.2, 0.25) is 0 Å². The van der Waals surface area contributed by atoms with Crippen molar-refractivity contribution in [3.8, 4) is 0 Å². The Balaban J connectivity index is 1.14. The molecule has 5 aliphatic rings. The molecule has 0 aromatic carbocycles. The van der Waals surface area contributed by atoms with Crippen LogP contribution >= 0.6 is 27.0 Å². The molecule has 2 aromatic heterocycles. The monoisotopic (exact) mass is 648 g/mol. The van der Waals surface area contributed by atoms with Gasteiger partial charge in [0.05, 0.1) is 48.6 Å². The molecule has 5 N–H and O–H groups in total. The summed E-state index contributed by atoms with van der Waals surface area (Å²) in [5.74, 6) is -0.307. The molecule has 0 radical (unpaired) electrons. The maximum atomic E-state index is 15.8. The highest BCUT2D eigenvalue weighted by atomic mass is 32.1. The smallest absolute Gasteiger partial charge is 0.382 e. The lowest BCUT2D eigenvalue weighted by Crippen LogP contribution is -2.52. The van der Waals surface area contributed by atoms with Gasteiger partial charge in [0.15, 0.2) is 30.4 Å². The molecule has 22 heteroatoms. The zero-order valence-electron chi connectivity index (χ0n) is 21.2. The van der Waals surface area contributed by atoms with Crippen LogP contribution in [0.5, 0.6) is 0 Å². The van der Waals surface area contributed by atoms with Crippen molar-refractivity contribution in [2.75, 3.05) is 18.9 Å². The minimum atomic E-state index is -4.96. The van der Waals surface area contributed by atoms with Crippen LogP contribution in [0, 0.1) is 0 Å². The topological polar surface area (TPSA) is 242 Å². The third-order valence-corrected chi connectivity index (χ3v) is 11.4. The van der Waals surface area contributed by atoms with Crippen LogP contribution in [0.4, 0.5) is 10.2 Å². The van der Waals surface area contributed by atoms with Gasteiger partial charge in [-0.2, -0.15) is 4.37 Å². The van der Waals surface area contributed by atoms with E-state index in [1.54, 1.807) is 0 Å². The summed E-state index contributed by atoms with van der Waals surface area (Å²) in [5, 5.41) is 2.40. The second-order valence-corrected chi connectivity index (χ2v) is 14.3. The predicted octanol–water partition coefficient (Wildman–Crippen LogP) is -0.155. The Labute approximate surface area is 239 Å². The zero-order chi connectivity index (χ0) is 29.4. The number of aromatic nitrogens is 3. The standard InChI is InChI=1S/C20H23FN8O10P2S/c21-11-15-9(38-20(11)29-6-27-14-18(29)25-5-26-19(14)30)3-35-40(31,32)10-1-7(37-8(10)2-36-41(33,34)39-15)16-12-13(28-42-16)17(22)24-4-23-12/h4-11,14-15,18,20H,1-3H2,(H,31,32)(H,33,34)(H2,22,23,24)(H,25,26,30)/t7-,8-,9-,10+,11-,14?,15-,18?,20-/m1/s1. The van der Waals surface area contributed by atoms with E-state index < -0.39 is 89.2 Å². The number of amides is 1. The molecule has 3 saturated heterocycles. The number of phosphoric acid groups is 1. The fourth-order valence-corrected chi connectivity index (χ4v) is 8.94. The number of fused-ring (bicyclic) bond motifs is 4. The second kappa shape index (κ2) is 10.3. The molecule has 226 valence electrons. The molecule has 7 rings (SSSR count). The van der Waals surface area contributed by atoms with Gasteiger partial charge in [-0.3, -0.25) is 23.4 Å². The Morgan fingerprint density at radius 3 is 2.76 bits per heavy atom. The third-order valence-electron chi connectivity index (χ3n) is 7.55.